The van der Waals surface area contributed by atoms with Crippen molar-refractivity contribution in [3.05, 3.63) is 66.1 Å². The summed E-state index contributed by atoms with van der Waals surface area (Å²) in [6.45, 7) is 3.98. The van der Waals surface area contributed by atoms with Gasteiger partial charge in [0.1, 0.15) is 11.3 Å². The molecule has 0 aliphatic heterocycles. The van der Waals surface area contributed by atoms with Crippen molar-refractivity contribution in [3.63, 3.8) is 0 Å². The van der Waals surface area contributed by atoms with Crippen LogP contribution in [0.3, 0.4) is 0 Å². The highest BCUT2D eigenvalue weighted by Crippen LogP contribution is 2.29. The minimum absolute atomic E-state index is 0.00515. The Balaban J connectivity index is 2.12. The van der Waals surface area contributed by atoms with E-state index < -0.39 is 15.8 Å². The number of hydrogen-bond donors (Lipinski definition) is 1. The predicted octanol–water partition coefficient (Wildman–Crippen LogP) is 4.30. The highest BCUT2D eigenvalue weighted by molar-refractivity contribution is 7.93. The molecule has 0 saturated heterocycles. The van der Waals surface area contributed by atoms with Crippen LogP contribution in [-0.2, 0) is 10.0 Å². The van der Waals surface area contributed by atoms with Crippen LogP contribution in [0.25, 0.3) is 10.9 Å². The molecular formula is C18H17FN2O2S. The van der Waals surface area contributed by atoms with E-state index in [2.05, 4.69) is 9.71 Å². The lowest BCUT2D eigenvalue weighted by Gasteiger charge is -2.15. The average molecular weight is 344 g/mol. The van der Waals surface area contributed by atoms with Gasteiger partial charge in [0, 0.05) is 11.6 Å². The maximum absolute atomic E-state index is 13.9. The summed E-state index contributed by atoms with van der Waals surface area (Å²) >= 11 is 0. The molecule has 0 radical (unpaired) electrons. The fourth-order valence-corrected chi connectivity index (χ4v) is 3.93. The minimum Gasteiger partial charge on any atom is -0.279 e. The van der Waals surface area contributed by atoms with Crippen LogP contribution in [0.2, 0.25) is 0 Å². The molecule has 0 fully saturated rings. The normalized spacial score (nSPS) is 11.8. The third kappa shape index (κ3) is 2.97. The molecule has 0 saturated carbocycles. The molecule has 0 aliphatic carbocycles. The van der Waals surface area contributed by atoms with E-state index in [1.165, 1.54) is 12.3 Å². The Morgan fingerprint density at radius 2 is 1.79 bits per heavy atom. The summed E-state index contributed by atoms with van der Waals surface area (Å²) in [6, 6.07) is 12.8. The van der Waals surface area contributed by atoms with Crippen molar-refractivity contribution >= 4 is 26.6 Å². The molecule has 24 heavy (non-hydrogen) atoms. The van der Waals surface area contributed by atoms with Crippen molar-refractivity contribution in [2.45, 2.75) is 24.7 Å². The first-order valence-electron chi connectivity index (χ1n) is 7.55. The molecule has 1 heterocycles. The van der Waals surface area contributed by atoms with E-state index in [0.717, 1.165) is 11.6 Å². The lowest BCUT2D eigenvalue weighted by atomic mass is 10.0. The molecule has 3 rings (SSSR count). The summed E-state index contributed by atoms with van der Waals surface area (Å²) in [5.74, 6) is -0.386. The monoisotopic (exact) mass is 344 g/mol. The number of rotatable bonds is 4. The zero-order valence-electron chi connectivity index (χ0n) is 13.3. The number of benzene rings is 2. The van der Waals surface area contributed by atoms with Crippen LogP contribution in [0.15, 0.2) is 59.6 Å². The van der Waals surface area contributed by atoms with Crippen LogP contribution in [0.4, 0.5) is 10.1 Å². The molecule has 124 valence electrons. The van der Waals surface area contributed by atoms with Gasteiger partial charge < -0.3 is 0 Å². The number of para-hydroxylation sites is 1. The van der Waals surface area contributed by atoms with Crippen molar-refractivity contribution in [1.29, 1.82) is 0 Å². The molecule has 0 amide bonds. The first-order valence-corrected chi connectivity index (χ1v) is 9.03. The summed E-state index contributed by atoms with van der Waals surface area (Å²) in [4.78, 5) is 3.95. The Labute approximate surface area is 140 Å². The molecule has 0 spiro atoms. The molecule has 1 aromatic heterocycles. The van der Waals surface area contributed by atoms with Crippen LogP contribution >= 0.6 is 0 Å². The highest BCUT2D eigenvalue weighted by atomic mass is 32.2. The minimum atomic E-state index is -3.87. The van der Waals surface area contributed by atoms with E-state index in [1.807, 2.05) is 26.0 Å². The molecule has 0 bridgehead atoms. The van der Waals surface area contributed by atoms with Gasteiger partial charge in [0.2, 0.25) is 0 Å². The summed E-state index contributed by atoms with van der Waals surface area (Å²) < 4.78 is 42.2. The molecule has 0 unspecified atom stereocenters. The van der Waals surface area contributed by atoms with E-state index in [0.29, 0.717) is 5.69 Å². The fourth-order valence-electron chi connectivity index (χ4n) is 2.64. The second kappa shape index (κ2) is 6.20. The Morgan fingerprint density at radius 3 is 2.54 bits per heavy atom. The summed E-state index contributed by atoms with van der Waals surface area (Å²) in [7, 11) is -3.87. The summed E-state index contributed by atoms with van der Waals surface area (Å²) in [5.41, 5.74) is 1.46. The van der Waals surface area contributed by atoms with Gasteiger partial charge >= 0.3 is 0 Å². The number of anilines is 1. The molecule has 1 N–H and O–H groups in total. The van der Waals surface area contributed by atoms with Crippen molar-refractivity contribution in [1.82, 2.24) is 4.98 Å². The first kappa shape index (κ1) is 16.4. The zero-order valence-corrected chi connectivity index (χ0v) is 14.1. The van der Waals surface area contributed by atoms with E-state index in [4.69, 9.17) is 0 Å². The molecule has 0 atom stereocenters. The Morgan fingerprint density at radius 1 is 1.04 bits per heavy atom. The van der Waals surface area contributed by atoms with Crippen LogP contribution in [0, 0.1) is 5.82 Å². The number of pyridine rings is 1. The zero-order chi connectivity index (χ0) is 17.3. The molecule has 0 aliphatic rings. The smallest absolute Gasteiger partial charge is 0.262 e. The molecular weight excluding hydrogens is 327 g/mol. The summed E-state index contributed by atoms with van der Waals surface area (Å²) in [5, 5.41) is 0.257. The third-order valence-corrected chi connectivity index (χ3v) is 5.22. The predicted molar refractivity (Wildman–Crippen MR) is 93.0 cm³/mol. The number of sulfonamides is 1. The van der Waals surface area contributed by atoms with E-state index >= 15 is 0 Å². The number of nitrogens with one attached hydrogen (secondary N) is 1. The molecule has 3 aromatic rings. The second-order valence-electron chi connectivity index (χ2n) is 5.79. The van der Waals surface area contributed by atoms with Gasteiger partial charge in [-0.15, -0.1) is 0 Å². The van der Waals surface area contributed by atoms with Crippen LogP contribution in [-0.4, -0.2) is 13.4 Å². The number of hydrogen-bond acceptors (Lipinski definition) is 3. The maximum atomic E-state index is 13.9. The van der Waals surface area contributed by atoms with Crippen LogP contribution in [0.5, 0.6) is 0 Å². The number of halogens is 1. The van der Waals surface area contributed by atoms with Gasteiger partial charge in [0.05, 0.1) is 10.6 Å². The van der Waals surface area contributed by atoms with Crippen LogP contribution < -0.4 is 4.72 Å². The first-order chi connectivity index (χ1) is 11.4. The van der Waals surface area contributed by atoms with Gasteiger partial charge in [-0.25, -0.2) is 12.8 Å². The van der Waals surface area contributed by atoms with E-state index in [1.54, 1.807) is 24.3 Å². The highest BCUT2D eigenvalue weighted by Gasteiger charge is 2.21. The van der Waals surface area contributed by atoms with Gasteiger partial charge in [0.15, 0.2) is 0 Å². The molecule has 4 nitrogen and oxygen atoms in total. The van der Waals surface area contributed by atoms with Gasteiger partial charge in [-0.05, 0) is 41.8 Å². The maximum Gasteiger partial charge on any atom is 0.262 e. The Kier molecular flexibility index (Phi) is 4.24. The lowest BCUT2D eigenvalue weighted by Crippen LogP contribution is -2.15. The quantitative estimate of drug-likeness (QED) is 0.768. The largest absolute Gasteiger partial charge is 0.279 e. The van der Waals surface area contributed by atoms with Gasteiger partial charge in [-0.1, -0.05) is 32.0 Å². The van der Waals surface area contributed by atoms with Gasteiger partial charge in [0.25, 0.3) is 10.0 Å². The third-order valence-electron chi connectivity index (χ3n) is 3.80. The van der Waals surface area contributed by atoms with Crippen molar-refractivity contribution in [2.75, 3.05) is 4.72 Å². The van der Waals surface area contributed by atoms with E-state index in [9.17, 15) is 12.8 Å². The van der Waals surface area contributed by atoms with Crippen LogP contribution in [0.1, 0.15) is 25.3 Å². The van der Waals surface area contributed by atoms with Crippen molar-refractivity contribution in [3.8, 4) is 0 Å². The summed E-state index contributed by atoms with van der Waals surface area (Å²) in [6.07, 6.45) is 1.43. The standard InChI is InChI=1S/C18H17FN2O2S/c1-12(2)13-6-3-4-8-16(13)21-24(22,23)17-10-9-15(19)18-14(17)7-5-11-20-18/h3-12,21H,1-2H3. The average Bonchev–Trinajstić information content (AvgIpc) is 2.55. The topological polar surface area (TPSA) is 59.1 Å². The SMILES string of the molecule is CC(C)c1ccccc1NS(=O)(=O)c1ccc(F)c2ncccc12. The number of fused-ring (bicyclic) bond motifs is 1. The van der Waals surface area contributed by atoms with Crippen molar-refractivity contribution in [2.24, 2.45) is 0 Å². The molecule has 6 heteroatoms. The van der Waals surface area contributed by atoms with Crippen molar-refractivity contribution < 1.29 is 12.8 Å². The molecule has 2 aromatic carbocycles. The number of aromatic nitrogens is 1. The van der Waals surface area contributed by atoms with E-state index in [-0.39, 0.29) is 21.7 Å². The Bertz CT molecular complexity index is 1000. The second-order valence-corrected chi connectivity index (χ2v) is 7.44. The Hall–Kier alpha value is -2.47. The fraction of sp³-hybridized carbons (Fsp3) is 0.167. The van der Waals surface area contributed by atoms with Gasteiger partial charge in [-0.3, -0.25) is 9.71 Å². The number of nitrogens with zero attached hydrogens (tertiary/aromatic N) is 1. The lowest BCUT2D eigenvalue weighted by molar-refractivity contribution is 0.601. The van der Waals surface area contributed by atoms with Gasteiger partial charge in [-0.2, -0.15) is 0 Å².